The van der Waals surface area contributed by atoms with E-state index in [0.29, 0.717) is 5.69 Å². The van der Waals surface area contributed by atoms with Crippen molar-refractivity contribution in [2.75, 3.05) is 5.32 Å². The molecule has 1 aromatic heterocycles. The van der Waals surface area contributed by atoms with E-state index in [1.165, 1.54) is 5.56 Å². The third-order valence-corrected chi connectivity index (χ3v) is 6.49. The van der Waals surface area contributed by atoms with E-state index in [1.54, 1.807) is 0 Å². The first-order valence-corrected chi connectivity index (χ1v) is 12.3. The second-order valence-electron chi connectivity index (χ2n) is 8.94. The molecular weight excluding hydrogens is 456 g/mol. The third kappa shape index (κ3) is 4.78. The fraction of sp³-hybridized carbons (Fsp3) is 0.0303. The monoisotopic (exact) mass is 481 g/mol. The molecule has 0 unspecified atom stereocenters. The Morgan fingerprint density at radius 2 is 1.27 bits per heavy atom. The van der Waals surface area contributed by atoms with Crippen molar-refractivity contribution >= 4 is 33.5 Å². The fourth-order valence-corrected chi connectivity index (χ4v) is 4.67. The molecule has 5 aromatic carbocycles. The Balaban J connectivity index is 1.39. The van der Waals surface area contributed by atoms with E-state index in [1.807, 2.05) is 72.8 Å². The topological polar surface area (TPSA) is 52.5 Å². The average Bonchev–Trinajstić information content (AvgIpc) is 2.97. The van der Waals surface area contributed by atoms with Gasteiger partial charge in [-0.05, 0) is 47.0 Å². The van der Waals surface area contributed by atoms with Crippen LogP contribution in [0.25, 0.3) is 44.1 Å². The van der Waals surface area contributed by atoms with Crippen LogP contribution in [-0.4, -0.2) is 6.09 Å². The summed E-state index contributed by atoms with van der Waals surface area (Å²) in [5.74, 6) is 0. The average molecular weight is 482 g/mol. The summed E-state index contributed by atoms with van der Waals surface area (Å²) in [5.41, 5.74) is 7.01. The Kier molecular flexibility index (Phi) is 6.05. The minimum Gasteiger partial charge on any atom is -0.444 e. The van der Waals surface area contributed by atoms with Gasteiger partial charge in [-0.1, -0.05) is 91.0 Å². The van der Waals surface area contributed by atoms with E-state index in [-0.39, 0.29) is 6.61 Å². The van der Waals surface area contributed by atoms with Crippen molar-refractivity contribution in [2.45, 2.75) is 6.61 Å². The van der Waals surface area contributed by atoms with Crippen molar-refractivity contribution in [2.24, 2.45) is 0 Å². The minimum absolute atomic E-state index is 0.221. The number of H-pyrrole nitrogens is 1. The van der Waals surface area contributed by atoms with E-state index in [4.69, 9.17) is 4.74 Å². The third-order valence-electron chi connectivity index (χ3n) is 6.49. The second-order valence-corrected chi connectivity index (χ2v) is 8.94. The molecule has 4 heteroatoms. The van der Waals surface area contributed by atoms with Crippen LogP contribution in [0.1, 0.15) is 5.56 Å². The van der Waals surface area contributed by atoms with E-state index in [9.17, 15) is 4.79 Å². The lowest BCUT2D eigenvalue weighted by molar-refractivity contribution is -0.329. The molecule has 4 nitrogen and oxygen atoms in total. The van der Waals surface area contributed by atoms with E-state index in [2.05, 4.69) is 64.9 Å². The van der Waals surface area contributed by atoms with Gasteiger partial charge in [0.25, 0.3) is 0 Å². The number of hydrogen-bond acceptors (Lipinski definition) is 2. The van der Waals surface area contributed by atoms with Gasteiger partial charge in [-0.3, -0.25) is 5.32 Å². The predicted molar refractivity (Wildman–Crippen MR) is 149 cm³/mol. The Morgan fingerprint density at radius 1 is 0.622 bits per heavy atom. The van der Waals surface area contributed by atoms with E-state index < -0.39 is 6.09 Å². The molecule has 0 radical (unpaired) electrons. The number of carbonyl (C=O) groups excluding carboxylic acids is 1. The fourth-order valence-electron chi connectivity index (χ4n) is 4.67. The Bertz CT molecular complexity index is 1700. The molecule has 0 spiro atoms. The van der Waals surface area contributed by atoms with Crippen LogP contribution >= 0.6 is 0 Å². The molecule has 0 fully saturated rings. The van der Waals surface area contributed by atoms with Crippen LogP contribution in [0.3, 0.4) is 0 Å². The van der Waals surface area contributed by atoms with Crippen LogP contribution in [0.15, 0.2) is 127 Å². The molecule has 178 valence electrons. The lowest BCUT2D eigenvalue weighted by Crippen LogP contribution is -2.14. The highest BCUT2D eigenvalue weighted by molar-refractivity contribution is 6.10. The van der Waals surface area contributed by atoms with E-state index >= 15 is 0 Å². The maximum Gasteiger partial charge on any atom is 0.411 e. The Hall–Kier alpha value is -4.96. The molecule has 0 bridgehead atoms. The lowest BCUT2D eigenvalue weighted by atomic mass is 9.96. The lowest BCUT2D eigenvalue weighted by Gasteiger charge is -2.10. The molecule has 0 aliphatic heterocycles. The standard InChI is InChI=1S/C33H24N2O2/c36-33(37-22-23-10-4-1-5-11-23)34-27-17-19-29-28-18-16-26(24-12-6-2-7-13-24)20-30(28)32(35-31(29)21-27)25-14-8-3-9-15-25/h1-21H,22H2,(H,34,36)/p+1. The van der Waals surface area contributed by atoms with Crippen LogP contribution in [0.5, 0.6) is 0 Å². The maximum atomic E-state index is 12.5. The quantitative estimate of drug-likeness (QED) is 0.255. The summed E-state index contributed by atoms with van der Waals surface area (Å²) < 4.78 is 5.40. The van der Waals surface area contributed by atoms with Crippen LogP contribution in [-0.2, 0) is 11.3 Å². The second kappa shape index (κ2) is 9.96. The highest BCUT2D eigenvalue weighted by Gasteiger charge is 2.18. The molecule has 2 N–H and O–H groups in total. The number of carbonyl (C=O) groups is 1. The van der Waals surface area contributed by atoms with Crippen LogP contribution in [0.4, 0.5) is 10.5 Å². The molecule has 37 heavy (non-hydrogen) atoms. The van der Waals surface area contributed by atoms with Crippen molar-refractivity contribution in [1.29, 1.82) is 0 Å². The number of benzene rings is 5. The normalized spacial score (nSPS) is 10.9. The largest absolute Gasteiger partial charge is 0.444 e. The van der Waals surface area contributed by atoms with Crippen LogP contribution < -0.4 is 10.3 Å². The number of fused-ring (bicyclic) bond motifs is 3. The first kappa shape index (κ1) is 22.5. The van der Waals surface area contributed by atoms with Gasteiger partial charge in [0.15, 0.2) is 0 Å². The Morgan fingerprint density at radius 3 is 2.00 bits per heavy atom. The summed E-state index contributed by atoms with van der Waals surface area (Å²) in [6.07, 6.45) is -0.486. The number of aromatic nitrogens is 1. The van der Waals surface area contributed by atoms with Crippen molar-refractivity contribution in [3.63, 3.8) is 0 Å². The summed E-state index contributed by atoms with van der Waals surface area (Å²) in [6, 6.07) is 42.9. The van der Waals surface area contributed by atoms with Gasteiger partial charge < -0.3 is 4.74 Å². The first-order valence-electron chi connectivity index (χ1n) is 12.3. The number of nitrogens with one attached hydrogen (secondary N) is 2. The van der Waals surface area contributed by atoms with Crippen molar-refractivity contribution in [3.05, 3.63) is 133 Å². The minimum atomic E-state index is -0.486. The van der Waals surface area contributed by atoms with E-state index in [0.717, 1.165) is 44.1 Å². The van der Waals surface area contributed by atoms with Crippen molar-refractivity contribution < 1.29 is 14.5 Å². The summed E-state index contributed by atoms with van der Waals surface area (Å²) in [5, 5.41) is 6.23. The zero-order chi connectivity index (χ0) is 25.0. The number of anilines is 1. The number of rotatable bonds is 5. The van der Waals surface area contributed by atoms with Gasteiger partial charge in [0.05, 0.1) is 16.5 Å². The zero-order valence-electron chi connectivity index (χ0n) is 20.1. The molecule has 0 atom stereocenters. The molecule has 1 heterocycles. The number of amides is 1. The summed E-state index contributed by atoms with van der Waals surface area (Å²) in [4.78, 5) is 16.1. The molecular formula is C33H25N2O2+. The highest BCUT2D eigenvalue weighted by Crippen LogP contribution is 2.34. The van der Waals surface area contributed by atoms with Gasteiger partial charge in [-0.25, -0.2) is 9.78 Å². The molecule has 0 aliphatic rings. The summed E-state index contributed by atoms with van der Waals surface area (Å²) in [7, 11) is 0. The van der Waals surface area contributed by atoms with Crippen molar-refractivity contribution in [1.82, 2.24) is 0 Å². The van der Waals surface area contributed by atoms with Gasteiger partial charge in [0.1, 0.15) is 6.61 Å². The number of pyridine rings is 1. The summed E-state index contributed by atoms with van der Waals surface area (Å²) >= 11 is 0. The first-order chi connectivity index (χ1) is 18.2. The van der Waals surface area contributed by atoms with Gasteiger partial charge in [-0.2, -0.15) is 0 Å². The number of ether oxygens (including phenoxy) is 1. The number of aromatic amines is 1. The summed E-state index contributed by atoms with van der Waals surface area (Å²) in [6.45, 7) is 0.221. The Labute approximate surface area is 215 Å². The van der Waals surface area contributed by atoms with Gasteiger partial charge in [0.2, 0.25) is 11.2 Å². The SMILES string of the molecule is O=C(Nc1ccc2c(c1)[nH+]c(-c1ccccc1)c1cc(-c3ccccc3)ccc12)OCc1ccccc1. The van der Waals surface area contributed by atoms with Crippen LogP contribution in [0.2, 0.25) is 0 Å². The van der Waals surface area contributed by atoms with Crippen LogP contribution in [0, 0.1) is 0 Å². The van der Waals surface area contributed by atoms with Gasteiger partial charge >= 0.3 is 6.09 Å². The van der Waals surface area contributed by atoms with Gasteiger partial charge in [-0.15, -0.1) is 0 Å². The molecule has 1 amide bonds. The molecule has 0 saturated heterocycles. The molecule has 0 aliphatic carbocycles. The molecule has 6 aromatic rings. The number of hydrogen-bond donors (Lipinski definition) is 1. The zero-order valence-corrected chi connectivity index (χ0v) is 20.1. The smallest absolute Gasteiger partial charge is 0.411 e. The molecule has 6 rings (SSSR count). The maximum absolute atomic E-state index is 12.5. The van der Waals surface area contributed by atoms with Crippen molar-refractivity contribution in [3.8, 4) is 22.4 Å². The molecule has 0 saturated carbocycles. The predicted octanol–water partition coefficient (Wildman–Crippen LogP) is 7.89. The highest BCUT2D eigenvalue weighted by atomic mass is 16.5. The van der Waals surface area contributed by atoms with Gasteiger partial charge in [0, 0.05) is 17.0 Å².